The molecule has 0 amide bonds. The Hall–Kier alpha value is 1.35. The fourth-order valence-corrected chi connectivity index (χ4v) is 0.678. The van der Waals surface area contributed by atoms with Crippen LogP contribution in [0.2, 0.25) is 0 Å². The zero-order chi connectivity index (χ0) is 5.54. The van der Waals surface area contributed by atoms with Crippen LogP contribution in [0, 0.1) is 11.3 Å². The molecule has 3 heteroatoms. The fourth-order valence-electron chi connectivity index (χ4n) is 0.202. The third-order valence-corrected chi connectivity index (χ3v) is 1.40. The summed E-state index contributed by atoms with van der Waals surface area (Å²) < 4.78 is 1.17. The highest BCUT2D eigenvalue weighted by Crippen LogP contribution is 1.91. The monoisotopic (exact) mass is 254 g/mol. The molecule has 8 heavy (non-hydrogen) atoms. The standard InChI is InChI=1S/C5H6ClI.Mg.2H/c6-4-2-1-3-5-7;;;/h1,3,5H2;;;. The SMILES string of the molecule is ClC#CCCCI.[MgH2]. The maximum Gasteiger partial charge on any atom is 0.316 e. The second-order valence-electron chi connectivity index (χ2n) is 1.06. The van der Waals surface area contributed by atoms with Gasteiger partial charge in [-0.1, -0.05) is 28.5 Å². The van der Waals surface area contributed by atoms with Gasteiger partial charge in [0, 0.05) is 16.2 Å². The summed E-state index contributed by atoms with van der Waals surface area (Å²) in [6.45, 7) is 0. The van der Waals surface area contributed by atoms with E-state index in [9.17, 15) is 0 Å². The zero-order valence-corrected chi connectivity index (χ0v) is 6.79. The lowest BCUT2D eigenvalue weighted by Gasteiger charge is -1.78. The van der Waals surface area contributed by atoms with E-state index in [1.54, 1.807) is 0 Å². The predicted octanol–water partition coefficient (Wildman–Crippen LogP) is 1.49. The molecule has 0 saturated heterocycles. The van der Waals surface area contributed by atoms with Gasteiger partial charge in [0.1, 0.15) is 0 Å². The molecule has 0 spiro atoms. The van der Waals surface area contributed by atoms with Gasteiger partial charge in [0.2, 0.25) is 0 Å². The minimum atomic E-state index is 0. The summed E-state index contributed by atoms with van der Waals surface area (Å²) in [5.74, 6) is 2.76. The largest absolute Gasteiger partial charge is 0.316 e. The topological polar surface area (TPSA) is 0 Å². The second-order valence-corrected chi connectivity index (χ2v) is 2.33. The molecule has 0 radical (unpaired) electrons. The summed E-state index contributed by atoms with van der Waals surface area (Å²) in [7, 11) is 0. The van der Waals surface area contributed by atoms with Crippen molar-refractivity contribution in [2.75, 3.05) is 4.43 Å². The molecular formula is C5H8ClIMg. The molecule has 0 heterocycles. The Morgan fingerprint density at radius 2 is 2.12 bits per heavy atom. The van der Waals surface area contributed by atoms with E-state index in [0.29, 0.717) is 0 Å². The molecule has 0 nitrogen and oxygen atoms in total. The molecule has 0 atom stereocenters. The van der Waals surface area contributed by atoms with E-state index in [0.717, 1.165) is 12.8 Å². The second kappa shape index (κ2) is 11.2. The van der Waals surface area contributed by atoms with Crippen LogP contribution in [-0.4, -0.2) is 27.5 Å². The van der Waals surface area contributed by atoms with Gasteiger partial charge in [-0.25, -0.2) is 0 Å². The number of rotatable bonds is 2. The normalized spacial score (nSPS) is 6.25. The summed E-state index contributed by atoms with van der Waals surface area (Å²) >= 11 is 7.39. The lowest BCUT2D eigenvalue weighted by atomic mass is 10.4. The molecule has 0 saturated carbocycles. The molecule has 0 aromatic rings. The Bertz CT molecular complexity index is 84.2. The molecule has 0 aliphatic carbocycles. The lowest BCUT2D eigenvalue weighted by Crippen LogP contribution is -1.68. The molecule has 0 aliphatic heterocycles. The van der Waals surface area contributed by atoms with Gasteiger partial charge in [-0.3, -0.25) is 0 Å². The van der Waals surface area contributed by atoms with Crippen molar-refractivity contribution in [1.82, 2.24) is 0 Å². The van der Waals surface area contributed by atoms with Crippen LogP contribution in [0.15, 0.2) is 0 Å². The first kappa shape index (κ1) is 12.1. The van der Waals surface area contributed by atoms with Crippen LogP contribution in [0.1, 0.15) is 12.8 Å². The van der Waals surface area contributed by atoms with Gasteiger partial charge in [-0.2, -0.15) is 0 Å². The first-order chi connectivity index (χ1) is 3.41. The Balaban J connectivity index is 0. The van der Waals surface area contributed by atoms with Crippen LogP contribution >= 0.6 is 34.2 Å². The molecule has 0 aromatic heterocycles. The van der Waals surface area contributed by atoms with Crippen LogP contribution in [0.4, 0.5) is 0 Å². The van der Waals surface area contributed by atoms with Crippen molar-refractivity contribution in [2.45, 2.75) is 12.8 Å². The van der Waals surface area contributed by atoms with Crippen molar-refractivity contribution in [2.24, 2.45) is 0 Å². The van der Waals surface area contributed by atoms with Crippen LogP contribution in [0.5, 0.6) is 0 Å². The Morgan fingerprint density at radius 1 is 1.50 bits per heavy atom. The van der Waals surface area contributed by atoms with Crippen molar-refractivity contribution in [3.63, 3.8) is 0 Å². The predicted molar refractivity (Wildman–Crippen MR) is 50.3 cm³/mol. The van der Waals surface area contributed by atoms with Gasteiger partial charge in [-0.15, -0.1) is 0 Å². The van der Waals surface area contributed by atoms with E-state index in [1.165, 1.54) is 4.43 Å². The van der Waals surface area contributed by atoms with Gasteiger partial charge in [0.15, 0.2) is 0 Å². The Labute approximate surface area is 85.0 Å². The van der Waals surface area contributed by atoms with Crippen molar-refractivity contribution in [3.05, 3.63) is 0 Å². The average molecular weight is 255 g/mol. The number of hydrogen-bond donors (Lipinski definition) is 0. The van der Waals surface area contributed by atoms with Crippen molar-refractivity contribution in [1.29, 1.82) is 0 Å². The summed E-state index contributed by atoms with van der Waals surface area (Å²) in [6, 6.07) is 0. The maximum absolute atomic E-state index is 5.07. The number of halogens is 2. The van der Waals surface area contributed by atoms with Gasteiger partial charge < -0.3 is 0 Å². The number of hydrogen-bond acceptors (Lipinski definition) is 0. The lowest BCUT2D eigenvalue weighted by molar-refractivity contribution is 1.01. The third kappa shape index (κ3) is 10.4. The molecule has 0 unspecified atom stereocenters. The average Bonchev–Trinajstić information content (AvgIpc) is 1.69. The quantitative estimate of drug-likeness (QED) is 0.230. The van der Waals surface area contributed by atoms with E-state index < -0.39 is 0 Å². The summed E-state index contributed by atoms with van der Waals surface area (Å²) in [5, 5.41) is 2.32. The summed E-state index contributed by atoms with van der Waals surface area (Å²) in [4.78, 5) is 0. The smallest absolute Gasteiger partial charge is 0.0863 e. The molecule has 0 rings (SSSR count). The van der Waals surface area contributed by atoms with Gasteiger partial charge in [-0.05, 0) is 18.0 Å². The maximum atomic E-state index is 5.07. The molecule has 0 N–H and O–H groups in total. The fraction of sp³-hybridized carbons (Fsp3) is 0.600. The van der Waals surface area contributed by atoms with Crippen molar-refractivity contribution >= 4 is 57.2 Å². The highest BCUT2D eigenvalue weighted by molar-refractivity contribution is 14.1. The van der Waals surface area contributed by atoms with Crippen LogP contribution in [-0.2, 0) is 0 Å². The van der Waals surface area contributed by atoms with Gasteiger partial charge in [0.05, 0.1) is 0 Å². The van der Waals surface area contributed by atoms with Crippen LogP contribution < -0.4 is 0 Å². The zero-order valence-electron chi connectivity index (χ0n) is 3.88. The minimum absolute atomic E-state index is 0. The van der Waals surface area contributed by atoms with E-state index >= 15 is 0 Å². The Kier molecular flexibility index (Phi) is 16.9. The van der Waals surface area contributed by atoms with E-state index in [-0.39, 0.29) is 23.1 Å². The van der Waals surface area contributed by atoms with Crippen LogP contribution in [0.25, 0.3) is 0 Å². The number of alkyl halides is 1. The van der Waals surface area contributed by atoms with Gasteiger partial charge >= 0.3 is 23.1 Å². The Morgan fingerprint density at radius 3 is 2.50 bits per heavy atom. The summed E-state index contributed by atoms with van der Waals surface area (Å²) in [5.41, 5.74) is 0. The van der Waals surface area contributed by atoms with Crippen molar-refractivity contribution < 1.29 is 0 Å². The first-order valence-electron chi connectivity index (χ1n) is 2.06. The van der Waals surface area contributed by atoms with E-state index in [2.05, 4.69) is 33.9 Å². The molecule has 0 aromatic carbocycles. The van der Waals surface area contributed by atoms with Gasteiger partial charge in [0.25, 0.3) is 0 Å². The molecule has 44 valence electrons. The molecular weight excluding hydrogens is 247 g/mol. The van der Waals surface area contributed by atoms with Crippen molar-refractivity contribution in [3.8, 4) is 11.3 Å². The van der Waals surface area contributed by atoms with E-state index in [4.69, 9.17) is 11.6 Å². The van der Waals surface area contributed by atoms with Crippen LogP contribution in [0.3, 0.4) is 0 Å². The summed E-state index contributed by atoms with van der Waals surface area (Å²) in [6.07, 6.45) is 2.09. The number of unbranched alkanes of at least 4 members (excludes halogenated alkanes) is 1. The highest BCUT2D eigenvalue weighted by atomic mass is 127. The molecule has 0 bridgehead atoms. The minimum Gasteiger partial charge on any atom is -0.0863 e. The third-order valence-electron chi connectivity index (χ3n) is 0.502. The highest BCUT2D eigenvalue weighted by Gasteiger charge is 1.74. The van der Waals surface area contributed by atoms with E-state index in [1.807, 2.05) is 0 Å². The first-order valence-corrected chi connectivity index (χ1v) is 3.96. The molecule has 0 aliphatic rings. The molecule has 0 fully saturated rings.